The van der Waals surface area contributed by atoms with Gasteiger partial charge in [-0.3, -0.25) is 4.79 Å². The minimum absolute atomic E-state index is 0.229. The van der Waals surface area contributed by atoms with Crippen LogP contribution in [0.2, 0.25) is 0 Å². The first-order chi connectivity index (χ1) is 14.8. The molecule has 1 aliphatic rings. The lowest BCUT2D eigenvalue weighted by Gasteiger charge is -2.31. The number of thiocarbonyl (C=S) groups is 1. The van der Waals surface area contributed by atoms with Crippen molar-refractivity contribution < 1.29 is 19.0 Å². The van der Waals surface area contributed by atoms with E-state index in [1.807, 2.05) is 51.1 Å². The van der Waals surface area contributed by atoms with E-state index < -0.39 is 6.04 Å². The Labute approximate surface area is 187 Å². The Morgan fingerprint density at radius 1 is 1.00 bits per heavy atom. The van der Waals surface area contributed by atoms with Gasteiger partial charge in [-0.05, 0) is 67.9 Å². The van der Waals surface area contributed by atoms with Gasteiger partial charge >= 0.3 is 0 Å². The monoisotopic (exact) mass is 441 g/mol. The number of anilines is 1. The van der Waals surface area contributed by atoms with Crippen LogP contribution < -0.4 is 30.2 Å². The van der Waals surface area contributed by atoms with Crippen molar-refractivity contribution in [2.45, 2.75) is 26.8 Å². The number of methoxy groups -OCH3 is 3. The van der Waals surface area contributed by atoms with Gasteiger partial charge in [0.25, 0.3) is 5.91 Å². The molecule has 0 saturated heterocycles. The van der Waals surface area contributed by atoms with Gasteiger partial charge in [0.05, 0.1) is 32.9 Å². The molecule has 31 heavy (non-hydrogen) atoms. The Morgan fingerprint density at radius 3 is 2.23 bits per heavy atom. The van der Waals surface area contributed by atoms with Gasteiger partial charge in [-0.15, -0.1) is 0 Å². The summed E-state index contributed by atoms with van der Waals surface area (Å²) in [5.41, 5.74) is 4.75. The Hall–Kier alpha value is -3.26. The van der Waals surface area contributed by atoms with E-state index in [-0.39, 0.29) is 5.91 Å². The van der Waals surface area contributed by atoms with Crippen molar-refractivity contribution in [3.8, 4) is 17.2 Å². The zero-order chi connectivity index (χ0) is 22.7. The van der Waals surface area contributed by atoms with Gasteiger partial charge in [0.15, 0.2) is 16.6 Å². The Balaban J connectivity index is 2.06. The number of hydrogen-bond donors (Lipinski definition) is 3. The SMILES string of the molecule is COc1cc([C@@H]2NC(=S)NC(C)=C2C(=O)Nc2cc(C)ccc2C)cc(OC)c1OC. The van der Waals surface area contributed by atoms with E-state index in [1.165, 1.54) is 0 Å². The number of carbonyl (C=O) groups excluding carboxylic acids is 1. The lowest BCUT2D eigenvalue weighted by atomic mass is 9.94. The molecule has 1 amide bonds. The van der Waals surface area contributed by atoms with E-state index in [1.54, 1.807) is 21.3 Å². The van der Waals surface area contributed by atoms with Crippen molar-refractivity contribution in [3.05, 3.63) is 58.3 Å². The molecule has 0 fully saturated rings. The quantitative estimate of drug-likeness (QED) is 0.589. The maximum absolute atomic E-state index is 13.4. The molecule has 1 heterocycles. The van der Waals surface area contributed by atoms with Crippen molar-refractivity contribution in [1.29, 1.82) is 0 Å². The Bertz CT molecular complexity index is 1040. The maximum Gasteiger partial charge on any atom is 0.255 e. The lowest BCUT2D eigenvalue weighted by Crippen LogP contribution is -2.45. The molecule has 1 aliphatic heterocycles. The number of nitrogens with one attached hydrogen (secondary N) is 3. The summed E-state index contributed by atoms with van der Waals surface area (Å²) in [5.74, 6) is 1.24. The first-order valence-corrected chi connectivity index (χ1v) is 10.2. The van der Waals surface area contributed by atoms with E-state index in [0.29, 0.717) is 33.6 Å². The first-order valence-electron chi connectivity index (χ1n) is 9.75. The van der Waals surface area contributed by atoms with E-state index in [2.05, 4.69) is 16.0 Å². The second kappa shape index (κ2) is 9.26. The average Bonchev–Trinajstić information content (AvgIpc) is 2.74. The third kappa shape index (κ3) is 4.59. The maximum atomic E-state index is 13.4. The van der Waals surface area contributed by atoms with Gasteiger partial charge in [-0.25, -0.2) is 0 Å². The molecule has 0 bridgehead atoms. The summed E-state index contributed by atoms with van der Waals surface area (Å²) < 4.78 is 16.4. The van der Waals surface area contributed by atoms with Gasteiger partial charge < -0.3 is 30.2 Å². The zero-order valence-corrected chi connectivity index (χ0v) is 19.3. The molecule has 2 aromatic carbocycles. The average molecular weight is 442 g/mol. The molecule has 3 N–H and O–H groups in total. The fraction of sp³-hybridized carbons (Fsp3) is 0.304. The molecule has 0 aromatic heterocycles. The molecule has 7 nitrogen and oxygen atoms in total. The second-order valence-corrected chi connectivity index (χ2v) is 7.71. The van der Waals surface area contributed by atoms with E-state index >= 15 is 0 Å². The molecule has 0 radical (unpaired) electrons. The Kier molecular flexibility index (Phi) is 6.70. The smallest absolute Gasteiger partial charge is 0.255 e. The molecule has 8 heteroatoms. The number of amides is 1. The Morgan fingerprint density at radius 2 is 1.65 bits per heavy atom. The molecule has 164 valence electrons. The summed E-state index contributed by atoms with van der Waals surface area (Å²) in [7, 11) is 4.65. The normalized spacial score (nSPS) is 15.7. The van der Waals surface area contributed by atoms with Crippen LogP contribution in [0, 0.1) is 13.8 Å². The highest BCUT2D eigenvalue weighted by Gasteiger charge is 2.31. The van der Waals surface area contributed by atoms with E-state index in [0.717, 1.165) is 22.4 Å². The standard InChI is InChI=1S/C23H27N3O4S/c1-12-7-8-13(2)16(9-12)25-22(27)19-14(3)24-23(31)26-20(19)15-10-17(28-4)21(30-6)18(11-15)29-5/h7-11,20H,1-6H3,(H,25,27)(H2,24,26,31)/t20-/m0/s1. The fourth-order valence-corrected chi connectivity index (χ4v) is 3.84. The van der Waals surface area contributed by atoms with Crippen molar-refractivity contribution in [3.63, 3.8) is 0 Å². The molecule has 0 unspecified atom stereocenters. The van der Waals surface area contributed by atoms with E-state index in [4.69, 9.17) is 26.4 Å². The number of ether oxygens (including phenoxy) is 3. The van der Waals surface area contributed by atoms with Crippen LogP contribution in [-0.2, 0) is 4.79 Å². The second-order valence-electron chi connectivity index (χ2n) is 7.30. The summed E-state index contributed by atoms with van der Waals surface area (Å²) in [6.45, 7) is 5.77. The van der Waals surface area contributed by atoms with Crippen LogP contribution in [0.5, 0.6) is 17.2 Å². The van der Waals surface area contributed by atoms with Crippen molar-refractivity contribution in [2.75, 3.05) is 26.6 Å². The molecule has 2 aromatic rings. The van der Waals surface area contributed by atoms with Crippen LogP contribution in [0.4, 0.5) is 5.69 Å². The van der Waals surface area contributed by atoms with Crippen LogP contribution in [0.15, 0.2) is 41.6 Å². The number of allylic oxidation sites excluding steroid dienone is 1. The molecular weight excluding hydrogens is 414 g/mol. The van der Waals surface area contributed by atoms with Gasteiger partial charge in [-0.1, -0.05) is 12.1 Å². The van der Waals surface area contributed by atoms with Crippen molar-refractivity contribution in [1.82, 2.24) is 10.6 Å². The van der Waals surface area contributed by atoms with Crippen molar-refractivity contribution >= 4 is 28.9 Å². The van der Waals surface area contributed by atoms with E-state index in [9.17, 15) is 4.79 Å². The number of aryl methyl sites for hydroxylation is 2. The zero-order valence-electron chi connectivity index (χ0n) is 18.5. The third-order valence-electron chi connectivity index (χ3n) is 5.18. The number of carbonyl (C=O) groups is 1. The highest BCUT2D eigenvalue weighted by atomic mass is 32.1. The molecule has 1 atom stereocenters. The minimum atomic E-state index is -0.507. The number of rotatable bonds is 6. The molecule has 0 saturated carbocycles. The summed E-state index contributed by atoms with van der Waals surface area (Å²) in [6.07, 6.45) is 0. The minimum Gasteiger partial charge on any atom is -0.493 e. The predicted molar refractivity (Wildman–Crippen MR) is 125 cm³/mol. The van der Waals surface area contributed by atoms with Crippen LogP contribution in [0.3, 0.4) is 0 Å². The molecule has 0 aliphatic carbocycles. The van der Waals surface area contributed by atoms with Gasteiger partial charge in [0.2, 0.25) is 5.75 Å². The predicted octanol–water partition coefficient (Wildman–Crippen LogP) is 3.76. The van der Waals surface area contributed by atoms with Crippen LogP contribution in [0.1, 0.15) is 29.7 Å². The van der Waals surface area contributed by atoms with Crippen LogP contribution in [-0.4, -0.2) is 32.3 Å². The summed E-state index contributed by atoms with van der Waals surface area (Å²) in [5, 5.41) is 9.72. The van der Waals surface area contributed by atoms with Crippen molar-refractivity contribution in [2.24, 2.45) is 0 Å². The summed E-state index contributed by atoms with van der Waals surface area (Å²) in [6, 6.07) is 9.06. The van der Waals surface area contributed by atoms with Crippen LogP contribution >= 0.6 is 12.2 Å². The lowest BCUT2D eigenvalue weighted by molar-refractivity contribution is -0.113. The summed E-state index contributed by atoms with van der Waals surface area (Å²) in [4.78, 5) is 13.4. The van der Waals surface area contributed by atoms with Gasteiger partial charge in [-0.2, -0.15) is 0 Å². The highest BCUT2D eigenvalue weighted by molar-refractivity contribution is 7.80. The molecular formula is C23H27N3O4S. The summed E-state index contributed by atoms with van der Waals surface area (Å²) >= 11 is 5.36. The third-order valence-corrected chi connectivity index (χ3v) is 5.40. The van der Waals surface area contributed by atoms with Gasteiger partial charge in [0, 0.05) is 11.4 Å². The topological polar surface area (TPSA) is 80.9 Å². The first kappa shape index (κ1) is 22.4. The molecule has 3 rings (SSSR count). The number of hydrogen-bond acceptors (Lipinski definition) is 5. The number of benzene rings is 2. The largest absolute Gasteiger partial charge is 0.493 e. The highest BCUT2D eigenvalue weighted by Crippen LogP contribution is 2.41. The van der Waals surface area contributed by atoms with Gasteiger partial charge in [0.1, 0.15) is 0 Å². The molecule has 0 spiro atoms. The fourth-order valence-electron chi connectivity index (χ4n) is 3.57. The van der Waals surface area contributed by atoms with Crippen LogP contribution in [0.25, 0.3) is 0 Å².